The predicted molar refractivity (Wildman–Crippen MR) is 73.2 cm³/mol. The quantitative estimate of drug-likeness (QED) is 0.779. The third kappa shape index (κ3) is 3.14. The Morgan fingerprint density at radius 3 is 2.50 bits per heavy atom. The van der Waals surface area contributed by atoms with Crippen LogP contribution in [-0.2, 0) is 6.42 Å². The van der Waals surface area contributed by atoms with Crippen molar-refractivity contribution in [3.05, 3.63) is 16.5 Å². The highest BCUT2D eigenvalue weighted by Gasteiger charge is 2.21. The first-order chi connectivity index (χ1) is 8.60. The van der Waals surface area contributed by atoms with Crippen molar-refractivity contribution in [1.82, 2.24) is 9.97 Å². The molecule has 0 unspecified atom stereocenters. The summed E-state index contributed by atoms with van der Waals surface area (Å²) >= 11 is 6.11. The first-order valence-corrected chi connectivity index (χ1v) is 7.17. The molecule has 0 radical (unpaired) electrons. The minimum Gasteiger partial charge on any atom is -0.474 e. The fourth-order valence-corrected chi connectivity index (χ4v) is 2.47. The van der Waals surface area contributed by atoms with Gasteiger partial charge in [0.05, 0.1) is 0 Å². The predicted octanol–water partition coefficient (Wildman–Crippen LogP) is 3.96. The molecule has 1 heterocycles. The normalized spacial score (nSPS) is 24.0. The molecule has 18 heavy (non-hydrogen) atoms. The molecule has 0 amide bonds. The summed E-state index contributed by atoms with van der Waals surface area (Å²) in [7, 11) is 0. The molecule has 1 aromatic heterocycles. The van der Waals surface area contributed by atoms with Crippen LogP contribution in [0.15, 0.2) is 0 Å². The number of hydrogen-bond acceptors (Lipinski definition) is 3. The summed E-state index contributed by atoms with van der Waals surface area (Å²) in [6, 6.07) is 0. The van der Waals surface area contributed by atoms with Gasteiger partial charge < -0.3 is 4.74 Å². The highest BCUT2D eigenvalue weighted by Crippen LogP contribution is 2.29. The second-order valence-electron chi connectivity index (χ2n) is 5.21. The largest absolute Gasteiger partial charge is 0.474 e. The maximum absolute atomic E-state index is 6.11. The summed E-state index contributed by atoms with van der Waals surface area (Å²) in [6.45, 7) is 6.24. The van der Waals surface area contributed by atoms with Gasteiger partial charge in [-0.15, -0.1) is 0 Å². The molecule has 0 spiro atoms. The molecular weight excluding hydrogens is 248 g/mol. The maximum Gasteiger partial charge on any atom is 0.221 e. The number of aryl methyl sites for hydroxylation is 1. The van der Waals surface area contributed by atoms with Gasteiger partial charge >= 0.3 is 0 Å². The van der Waals surface area contributed by atoms with Crippen molar-refractivity contribution in [3.63, 3.8) is 0 Å². The SMILES string of the molecule is CCc1nc(Cl)c(C)c(OC2CCC(C)CC2)n1. The van der Waals surface area contributed by atoms with Gasteiger partial charge in [0.25, 0.3) is 0 Å². The summed E-state index contributed by atoms with van der Waals surface area (Å²) < 4.78 is 6.02. The third-order valence-electron chi connectivity index (χ3n) is 3.65. The molecule has 0 aliphatic heterocycles. The Bertz CT molecular complexity index is 415. The summed E-state index contributed by atoms with van der Waals surface area (Å²) in [6.07, 6.45) is 5.77. The minimum absolute atomic E-state index is 0.288. The molecule has 0 aromatic carbocycles. The van der Waals surface area contributed by atoms with Crippen LogP contribution in [0.4, 0.5) is 0 Å². The Morgan fingerprint density at radius 2 is 1.89 bits per heavy atom. The van der Waals surface area contributed by atoms with Crippen LogP contribution >= 0.6 is 11.6 Å². The lowest BCUT2D eigenvalue weighted by molar-refractivity contribution is 0.128. The van der Waals surface area contributed by atoms with E-state index < -0.39 is 0 Å². The van der Waals surface area contributed by atoms with Crippen molar-refractivity contribution in [2.45, 2.75) is 59.0 Å². The van der Waals surface area contributed by atoms with Gasteiger partial charge in [-0.3, -0.25) is 0 Å². The zero-order valence-corrected chi connectivity index (χ0v) is 12.1. The minimum atomic E-state index is 0.288. The van der Waals surface area contributed by atoms with Crippen molar-refractivity contribution in [2.75, 3.05) is 0 Å². The lowest BCUT2D eigenvalue weighted by atomic mass is 9.89. The molecule has 1 aliphatic rings. The molecular formula is C14H21ClN2O. The average Bonchev–Trinajstić information content (AvgIpc) is 2.37. The Hall–Kier alpha value is -0.830. The second-order valence-corrected chi connectivity index (χ2v) is 5.57. The van der Waals surface area contributed by atoms with Crippen LogP contribution in [0.3, 0.4) is 0 Å². The summed E-state index contributed by atoms with van der Waals surface area (Å²) in [5, 5.41) is 0.515. The zero-order chi connectivity index (χ0) is 13.1. The fourth-order valence-electron chi connectivity index (χ4n) is 2.29. The van der Waals surface area contributed by atoms with E-state index in [9.17, 15) is 0 Å². The van der Waals surface area contributed by atoms with Crippen molar-refractivity contribution < 1.29 is 4.74 Å². The van der Waals surface area contributed by atoms with Gasteiger partial charge in [0.1, 0.15) is 17.1 Å². The van der Waals surface area contributed by atoms with Crippen LogP contribution in [0.2, 0.25) is 5.15 Å². The highest BCUT2D eigenvalue weighted by atomic mass is 35.5. The number of rotatable bonds is 3. The molecule has 0 atom stereocenters. The van der Waals surface area contributed by atoms with Crippen LogP contribution in [0.25, 0.3) is 0 Å². The van der Waals surface area contributed by atoms with Crippen molar-refractivity contribution >= 4 is 11.6 Å². The van der Waals surface area contributed by atoms with Gasteiger partial charge in [0.15, 0.2) is 0 Å². The third-order valence-corrected chi connectivity index (χ3v) is 4.01. The topological polar surface area (TPSA) is 35.0 Å². The summed E-state index contributed by atoms with van der Waals surface area (Å²) in [5.74, 6) is 2.25. The van der Waals surface area contributed by atoms with Crippen LogP contribution in [0, 0.1) is 12.8 Å². The Morgan fingerprint density at radius 1 is 1.22 bits per heavy atom. The van der Waals surface area contributed by atoms with Gasteiger partial charge in [-0.1, -0.05) is 25.4 Å². The number of nitrogens with zero attached hydrogens (tertiary/aromatic N) is 2. The molecule has 1 saturated carbocycles. The van der Waals surface area contributed by atoms with E-state index in [1.807, 2.05) is 13.8 Å². The Balaban J connectivity index is 2.10. The molecule has 100 valence electrons. The summed E-state index contributed by atoms with van der Waals surface area (Å²) in [4.78, 5) is 8.68. The van der Waals surface area contributed by atoms with Crippen LogP contribution in [0.1, 0.15) is 50.9 Å². The molecule has 4 heteroatoms. The Kier molecular flexibility index (Phi) is 4.44. The fraction of sp³-hybridized carbons (Fsp3) is 0.714. The molecule has 1 fully saturated rings. The van der Waals surface area contributed by atoms with Gasteiger partial charge in [0, 0.05) is 12.0 Å². The molecule has 3 nitrogen and oxygen atoms in total. The zero-order valence-electron chi connectivity index (χ0n) is 11.4. The molecule has 1 aliphatic carbocycles. The van der Waals surface area contributed by atoms with E-state index in [-0.39, 0.29) is 6.10 Å². The first-order valence-electron chi connectivity index (χ1n) is 6.79. The van der Waals surface area contributed by atoms with Gasteiger partial charge in [-0.2, -0.15) is 4.98 Å². The second kappa shape index (κ2) is 5.87. The molecule has 2 rings (SSSR count). The van der Waals surface area contributed by atoms with E-state index in [2.05, 4.69) is 16.9 Å². The highest BCUT2D eigenvalue weighted by molar-refractivity contribution is 6.30. The van der Waals surface area contributed by atoms with Crippen LogP contribution < -0.4 is 4.74 Å². The van der Waals surface area contributed by atoms with E-state index in [1.165, 1.54) is 12.8 Å². The lowest BCUT2D eigenvalue weighted by Gasteiger charge is -2.27. The van der Waals surface area contributed by atoms with Gasteiger partial charge in [-0.25, -0.2) is 4.98 Å². The van der Waals surface area contributed by atoms with E-state index in [0.717, 1.165) is 36.6 Å². The van der Waals surface area contributed by atoms with Gasteiger partial charge in [-0.05, 0) is 38.5 Å². The molecule has 0 saturated heterocycles. The smallest absolute Gasteiger partial charge is 0.221 e. The number of halogens is 1. The van der Waals surface area contributed by atoms with Crippen molar-refractivity contribution in [3.8, 4) is 5.88 Å². The monoisotopic (exact) mass is 268 g/mol. The van der Waals surface area contributed by atoms with E-state index in [4.69, 9.17) is 16.3 Å². The van der Waals surface area contributed by atoms with Gasteiger partial charge in [0.2, 0.25) is 5.88 Å². The number of aromatic nitrogens is 2. The van der Waals surface area contributed by atoms with Crippen LogP contribution in [-0.4, -0.2) is 16.1 Å². The molecule has 0 bridgehead atoms. The number of ether oxygens (including phenoxy) is 1. The molecule has 1 aromatic rings. The Labute approximate surface area is 114 Å². The van der Waals surface area contributed by atoms with Crippen molar-refractivity contribution in [1.29, 1.82) is 0 Å². The van der Waals surface area contributed by atoms with E-state index in [1.54, 1.807) is 0 Å². The lowest BCUT2D eigenvalue weighted by Crippen LogP contribution is -2.24. The first kappa shape index (κ1) is 13.6. The van der Waals surface area contributed by atoms with E-state index >= 15 is 0 Å². The average molecular weight is 269 g/mol. The molecule has 0 N–H and O–H groups in total. The van der Waals surface area contributed by atoms with Crippen molar-refractivity contribution in [2.24, 2.45) is 5.92 Å². The summed E-state index contributed by atoms with van der Waals surface area (Å²) in [5.41, 5.74) is 0.854. The number of hydrogen-bond donors (Lipinski definition) is 0. The maximum atomic E-state index is 6.11. The van der Waals surface area contributed by atoms with Crippen LogP contribution in [0.5, 0.6) is 5.88 Å². The standard InChI is InChI=1S/C14H21ClN2O/c1-4-12-16-13(15)10(3)14(17-12)18-11-7-5-9(2)6-8-11/h9,11H,4-8H2,1-3H3. The van der Waals surface area contributed by atoms with E-state index in [0.29, 0.717) is 11.0 Å².